The normalized spacial score (nSPS) is 18.5. The standard InChI is InChI=1S/C36H42N2O6/c1-3-4-21-43-30-15-16-31(26(2)24-30)34(39)32-33(28-11-13-29(14-12-28)44-25-27-9-6-5-7-10-27)38(36(41)35(32)40)18-8-17-37-19-22-42-23-20-37/h5-7,9-16,24,33,39H,3-4,8,17-23,25H2,1-2H3. The SMILES string of the molecule is CCCCOc1ccc(C(O)=C2C(=O)C(=O)N(CCCN3CCOCC3)C2c2ccc(OCc3ccccc3)cc2)c(C)c1. The third-order valence-electron chi connectivity index (χ3n) is 8.18. The Morgan fingerprint density at radius 1 is 0.909 bits per heavy atom. The molecule has 0 spiro atoms. The molecule has 1 atom stereocenters. The maximum absolute atomic E-state index is 13.6. The number of carbonyl (C=O) groups excluding carboxylic acids is 2. The smallest absolute Gasteiger partial charge is 0.295 e. The Bertz CT molecular complexity index is 1450. The van der Waals surface area contributed by atoms with Gasteiger partial charge < -0.3 is 24.2 Å². The number of carbonyl (C=O) groups is 2. The van der Waals surface area contributed by atoms with Gasteiger partial charge in [0.2, 0.25) is 0 Å². The van der Waals surface area contributed by atoms with Crippen molar-refractivity contribution in [2.45, 2.75) is 45.8 Å². The molecule has 5 rings (SSSR count). The van der Waals surface area contributed by atoms with Crippen LogP contribution in [0.15, 0.2) is 78.4 Å². The van der Waals surface area contributed by atoms with Gasteiger partial charge in [0.05, 0.1) is 31.4 Å². The first-order chi connectivity index (χ1) is 21.5. The Morgan fingerprint density at radius 3 is 2.34 bits per heavy atom. The van der Waals surface area contributed by atoms with E-state index in [1.54, 1.807) is 17.0 Å². The second-order valence-corrected chi connectivity index (χ2v) is 11.3. The number of ketones is 1. The van der Waals surface area contributed by atoms with Crippen LogP contribution in [-0.2, 0) is 20.9 Å². The number of likely N-dealkylation sites (tertiary alicyclic amines) is 1. The van der Waals surface area contributed by atoms with E-state index in [2.05, 4.69) is 11.8 Å². The van der Waals surface area contributed by atoms with Crippen LogP contribution in [0.3, 0.4) is 0 Å². The molecule has 0 saturated carbocycles. The van der Waals surface area contributed by atoms with Gasteiger partial charge in [0.15, 0.2) is 0 Å². The molecule has 2 aliphatic rings. The van der Waals surface area contributed by atoms with Gasteiger partial charge in [-0.25, -0.2) is 0 Å². The summed E-state index contributed by atoms with van der Waals surface area (Å²) >= 11 is 0. The van der Waals surface area contributed by atoms with E-state index in [1.807, 2.05) is 67.6 Å². The van der Waals surface area contributed by atoms with Crippen LogP contribution in [0.2, 0.25) is 0 Å². The summed E-state index contributed by atoms with van der Waals surface area (Å²) in [4.78, 5) is 31.0. The highest BCUT2D eigenvalue weighted by Gasteiger charge is 2.46. The molecule has 232 valence electrons. The maximum atomic E-state index is 13.6. The highest BCUT2D eigenvalue weighted by atomic mass is 16.5. The Balaban J connectivity index is 1.42. The first kappa shape index (κ1) is 31.3. The zero-order valence-electron chi connectivity index (χ0n) is 25.7. The molecule has 0 bridgehead atoms. The molecule has 44 heavy (non-hydrogen) atoms. The van der Waals surface area contributed by atoms with Gasteiger partial charge in [0.25, 0.3) is 11.7 Å². The van der Waals surface area contributed by atoms with E-state index in [0.29, 0.717) is 56.5 Å². The summed E-state index contributed by atoms with van der Waals surface area (Å²) in [5.41, 5.74) is 3.16. The number of unbranched alkanes of at least 4 members (excludes halogenated alkanes) is 1. The van der Waals surface area contributed by atoms with Gasteiger partial charge in [0.1, 0.15) is 23.9 Å². The van der Waals surface area contributed by atoms with E-state index in [9.17, 15) is 14.7 Å². The van der Waals surface area contributed by atoms with Gasteiger partial charge in [-0.15, -0.1) is 0 Å². The summed E-state index contributed by atoms with van der Waals surface area (Å²) in [5, 5.41) is 11.6. The number of ether oxygens (including phenoxy) is 3. The molecule has 0 aliphatic carbocycles. The molecule has 1 N–H and O–H groups in total. The highest BCUT2D eigenvalue weighted by Crippen LogP contribution is 2.40. The monoisotopic (exact) mass is 598 g/mol. The minimum atomic E-state index is -0.720. The number of Topliss-reactive ketones (excluding diaryl/α,β-unsaturated/α-hetero) is 1. The second kappa shape index (κ2) is 15.0. The number of amides is 1. The van der Waals surface area contributed by atoms with Gasteiger partial charge in [-0.1, -0.05) is 55.8 Å². The Hall–Kier alpha value is -4.14. The van der Waals surface area contributed by atoms with E-state index >= 15 is 0 Å². The predicted octanol–water partition coefficient (Wildman–Crippen LogP) is 5.90. The summed E-state index contributed by atoms with van der Waals surface area (Å²) in [5.74, 6) is -0.0628. The number of morpholine rings is 1. The van der Waals surface area contributed by atoms with Gasteiger partial charge in [-0.05, 0) is 66.8 Å². The van der Waals surface area contributed by atoms with E-state index in [0.717, 1.165) is 49.2 Å². The first-order valence-corrected chi connectivity index (χ1v) is 15.5. The lowest BCUT2D eigenvalue weighted by atomic mass is 9.93. The number of rotatable bonds is 13. The van der Waals surface area contributed by atoms with E-state index in [4.69, 9.17) is 14.2 Å². The van der Waals surface area contributed by atoms with Crippen LogP contribution in [0, 0.1) is 6.92 Å². The van der Waals surface area contributed by atoms with Crippen molar-refractivity contribution in [3.05, 3.63) is 101 Å². The molecule has 1 unspecified atom stereocenters. The van der Waals surface area contributed by atoms with Gasteiger partial charge in [0, 0.05) is 31.7 Å². The quantitative estimate of drug-likeness (QED) is 0.114. The molecule has 8 nitrogen and oxygen atoms in total. The number of aryl methyl sites for hydroxylation is 1. The van der Waals surface area contributed by atoms with Crippen LogP contribution >= 0.6 is 0 Å². The minimum Gasteiger partial charge on any atom is -0.507 e. The maximum Gasteiger partial charge on any atom is 0.295 e. The van der Waals surface area contributed by atoms with E-state index in [1.165, 1.54) is 0 Å². The minimum absolute atomic E-state index is 0.0991. The molecule has 0 radical (unpaired) electrons. The molecule has 2 saturated heterocycles. The van der Waals surface area contributed by atoms with Gasteiger partial charge in [-0.2, -0.15) is 0 Å². The fourth-order valence-electron chi connectivity index (χ4n) is 5.70. The fraction of sp³-hybridized carbons (Fsp3) is 0.389. The lowest BCUT2D eigenvalue weighted by Crippen LogP contribution is -2.38. The summed E-state index contributed by atoms with van der Waals surface area (Å²) in [6, 6.07) is 22.0. The van der Waals surface area contributed by atoms with Crippen molar-refractivity contribution in [2.75, 3.05) is 46.0 Å². The van der Waals surface area contributed by atoms with Crippen molar-refractivity contribution in [1.82, 2.24) is 9.80 Å². The average Bonchev–Trinajstić information content (AvgIpc) is 3.30. The van der Waals surface area contributed by atoms with Crippen LogP contribution in [0.25, 0.3) is 5.76 Å². The topological polar surface area (TPSA) is 88.5 Å². The Morgan fingerprint density at radius 2 is 1.64 bits per heavy atom. The third-order valence-corrected chi connectivity index (χ3v) is 8.18. The van der Waals surface area contributed by atoms with Crippen molar-refractivity contribution in [2.24, 2.45) is 0 Å². The van der Waals surface area contributed by atoms with E-state index in [-0.39, 0.29) is 11.3 Å². The number of hydrogen-bond donors (Lipinski definition) is 1. The number of aliphatic hydroxyl groups is 1. The third kappa shape index (κ3) is 7.49. The lowest BCUT2D eigenvalue weighted by molar-refractivity contribution is -0.140. The van der Waals surface area contributed by atoms with Crippen molar-refractivity contribution in [3.8, 4) is 11.5 Å². The second-order valence-electron chi connectivity index (χ2n) is 11.3. The zero-order chi connectivity index (χ0) is 30.9. The first-order valence-electron chi connectivity index (χ1n) is 15.5. The Kier molecular flexibility index (Phi) is 10.7. The molecule has 1 amide bonds. The van der Waals surface area contributed by atoms with Crippen LogP contribution in [0.1, 0.15) is 54.5 Å². The largest absolute Gasteiger partial charge is 0.507 e. The summed E-state index contributed by atoms with van der Waals surface area (Å²) in [7, 11) is 0. The number of hydrogen-bond acceptors (Lipinski definition) is 7. The van der Waals surface area contributed by atoms with Crippen LogP contribution in [-0.4, -0.2) is 72.6 Å². The lowest BCUT2D eigenvalue weighted by Gasteiger charge is -2.29. The molecule has 8 heteroatoms. The highest BCUT2D eigenvalue weighted by molar-refractivity contribution is 6.46. The zero-order valence-corrected chi connectivity index (χ0v) is 25.7. The summed E-state index contributed by atoms with van der Waals surface area (Å²) in [6.07, 6.45) is 2.68. The average molecular weight is 599 g/mol. The van der Waals surface area contributed by atoms with Crippen molar-refractivity contribution in [1.29, 1.82) is 0 Å². The molecule has 0 aromatic heterocycles. The van der Waals surface area contributed by atoms with Crippen molar-refractivity contribution >= 4 is 17.4 Å². The van der Waals surface area contributed by atoms with Crippen LogP contribution < -0.4 is 9.47 Å². The fourth-order valence-corrected chi connectivity index (χ4v) is 5.70. The van der Waals surface area contributed by atoms with Gasteiger partial charge in [-0.3, -0.25) is 14.5 Å². The van der Waals surface area contributed by atoms with Crippen molar-refractivity contribution in [3.63, 3.8) is 0 Å². The predicted molar refractivity (Wildman–Crippen MR) is 170 cm³/mol. The molecular formula is C36H42N2O6. The number of benzene rings is 3. The molecule has 2 aliphatic heterocycles. The molecule has 3 aromatic rings. The summed E-state index contributed by atoms with van der Waals surface area (Å²) < 4.78 is 17.3. The number of nitrogens with zero attached hydrogens (tertiary/aromatic N) is 2. The molecular weight excluding hydrogens is 556 g/mol. The van der Waals surface area contributed by atoms with Gasteiger partial charge >= 0.3 is 0 Å². The summed E-state index contributed by atoms with van der Waals surface area (Å²) in [6.45, 7) is 9.30. The molecule has 2 heterocycles. The number of aliphatic hydroxyl groups excluding tert-OH is 1. The Labute approximate surface area is 259 Å². The van der Waals surface area contributed by atoms with Crippen LogP contribution in [0.5, 0.6) is 11.5 Å². The molecule has 2 fully saturated rings. The van der Waals surface area contributed by atoms with Crippen LogP contribution in [0.4, 0.5) is 0 Å². The van der Waals surface area contributed by atoms with Crippen molar-refractivity contribution < 1.29 is 28.9 Å². The molecule has 3 aromatic carbocycles. The van der Waals surface area contributed by atoms with E-state index < -0.39 is 17.7 Å².